The van der Waals surface area contributed by atoms with Gasteiger partial charge in [0.25, 0.3) is 5.91 Å². The fraction of sp³-hybridized carbons (Fsp3) is 0.208. The van der Waals surface area contributed by atoms with Crippen molar-refractivity contribution >= 4 is 15.9 Å². The first-order valence-electron chi connectivity index (χ1n) is 9.65. The number of benzene rings is 3. The summed E-state index contributed by atoms with van der Waals surface area (Å²) in [4.78, 5) is 13.3. The minimum absolute atomic E-state index is 0.0925. The summed E-state index contributed by atoms with van der Waals surface area (Å²) in [6.07, 6.45) is 0. The Balaban J connectivity index is 2.00. The normalized spacial score (nSPS) is 12.6. The number of amides is 1. The van der Waals surface area contributed by atoms with Crippen molar-refractivity contribution in [2.24, 2.45) is 0 Å². The average Bonchev–Trinajstić information content (AvgIpc) is 2.73. The van der Waals surface area contributed by atoms with Gasteiger partial charge in [-0.2, -0.15) is 0 Å². The molecular weight excluding hydrogens is 396 g/mol. The molecule has 0 aliphatic rings. The Kier molecular flexibility index (Phi) is 6.39. The maximum absolute atomic E-state index is 13.2. The summed E-state index contributed by atoms with van der Waals surface area (Å²) in [6.45, 7) is 3.81. The summed E-state index contributed by atoms with van der Waals surface area (Å²) >= 11 is 0. The van der Waals surface area contributed by atoms with Crippen molar-refractivity contribution in [3.63, 3.8) is 0 Å². The van der Waals surface area contributed by atoms with E-state index in [9.17, 15) is 13.2 Å². The quantitative estimate of drug-likeness (QED) is 0.651. The highest BCUT2D eigenvalue weighted by Gasteiger charge is 2.22. The standard InChI is InChI=1S/C24H26N2O3S/c1-17-10-13-20(14-11-17)23(19-8-6-5-7-9-19)25-24(27)22-16-21(15-12-18(22)2)30(28,29)26(3)4/h5-16,23H,1-4H3,(H,25,27). The van der Waals surface area contributed by atoms with E-state index in [1.165, 1.54) is 26.2 Å². The monoisotopic (exact) mass is 422 g/mol. The van der Waals surface area contributed by atoms with E-state index < -0.39 is 10.0 Å². The van der Waals surface area contributed by atoms with E-state index in [0.717, 1.165) is 21.0 Å². The number of hydrogen-bond donors (Lipinski definition) is 1. The molecule has 0 bridgehead atoms. The lowest BCUT2D eigenvalue weighted by Gasteiger charge is -2.21. The smallest absolute Gasteiger partial charge is 0.252 e. The third kappa shape index (κ3) is 4.61. The fourth-order valence-corrected chi connectivity index (χ4v) is 4.12. The highest BCUT2D eigenvalue weighted by molar-refractivity contribution is 7.89. The van der Waals surface area contributed by atoms with Crippen molar-refractivity contribution in [2.75, 3.05) is 14.1 Å². The predicted octanol–water partition coefficient (Wildman–Crippen LogP) is 4.07. The van der Waals surface area contributed by atoms with Crippen LogP contribution in [0.4, 0.5) is 0 Å². The van der Waals surface area contributed by atoms with Gasteiger partial charge in [0.1, 0.15) is 0 Å². The van der Waals surface area contributed by atoms with Crippen molar-refractivity contribution in [3.8, 4) is 0 Å². The minimum atomic E-state index is -3.63. The molecule has 0 heterocycles. The number of sulfonamides is 1. The number of rotatable bonds is 6. The summed E-state index contributed by atoms with van der Waals surface area (Å²) in [6, 6.07) is 22.0. The zero-order chi connectivity index (χ0) is 21.9. The van der Waals surface area contributed by atoms with Crippen LogP contribution in [-0.4, -0.2) is 32.7 Å². The molecule has 0 aliphatic carbocycles. The largest absolute Gasteiger partial charge is 0.341 e. The van der Waals surface area contributed by atoms with Crippen LogP contribution in [-0.2, 0) is 10.0 Å². The van der Waals surface area contributed by atoms with Crippen LogP contribution >= 0.6 is 0 Å². The molecule has 0 fully saturated rings. The van der Waals surface area contributed by atoms with Gasteiger partial charge in [0, 0.05) is 19.7 Å². The van der Waals surface area contributed by atoms with Crippen LogP contribution in [0.1, 0.15) is 38.7 Å². The number of carbonyl (C=O) groups excluding carboxylic acids is 1. The van der Waals surface area contributed by atoms with Crippen molar-refractivity contribution in [3.05, 3.63) is 101 Å². The Morgan fingerprint density at radius 1 is 0.867 bits per heavy atom. The Labute approximate surface area is 178 Å². The number of carbonyl (C=O) groups is 1. The summed E-state index contributed by atoms with van der Waals surface area (Å²) in [5, 5.41) is 3.09. The predicted molar refractivity (Wildman–Crippen MR) is 119 cm³/mol. The van der Waals surface area contributed by atoms with Crippen LogP contribution in [0.3, 0.4) is 0 Å². The van der Waals surface area contributed by atoms with Crippen LogP contribution in [0.5, 0.6) is 0 Å². The number of nitrogens with one attached hydrogen (secondary N) is 1. The van der Waals surface area contributed by atoms with E-state index in [0.29, 0.717) is 11.1 Å². The van der Waals surface area contributed by atoms with Crippen molar-refractivity contribution < 1.29 is 13.2 Å². The topological polar surface area (TPSA) is 66.5 Å². The molecule has 5 nitrogen and oxygen atoms in total. The molecule has 0 radical (unpaired) electrons. The SMILES string of the molecule is Cc1ccc(C(NC(=O)c2cc(S(=O)(=O)N(C)C)ccc2C)c2ccccc2)cc1. The highest BCUT2D eigenvalue weighted by Crippen LogP contribution is 2.24. The molecule has 1 amide bonds. The second-order valence-electron chi connectivity index (χ2n) is 7.49. The molecule has 30 heavy (non-hydrogen) atoms. The lowest BCUT2D eigenvalue weighted by Crippen LogP contribution is -2.30. The van der Waals surface area contributed by atoms with Crippen molar-refractivity contribution in [2.45, 2.75) is 24.8 Å². The fourth-order valence-electron chi connectivity index (χ4n) is 3.19. The van der Waals surface area contributed by atoms with Gasteiger partial charge in [0.2, 0.25) is 10.0 Å². The average molecular weight is 423 g/mol. The van der Waals surface area contributed by atoms with Gasteiger partial charge in [-0.1, -0.05) is 66.2 Å². The molecule has 3 aromatic rings. The first-order valence-corrected chi connectivity index (χ1v) is 11.1. The third-order valence-corrected chi connectivity index (χ3v) is 6.86. The molecule has 1 N–H and O–H groups in total. The van der Waals surface area contributed by atoms with Crippen LogP contribution < -0.4 is 5.32 Å². The van der Waals surface area contributed by atoms with Crippen LogP contribution in [0.2, 0.25) is 0 Å². The molecule has 156 valence electrons. The molecule has 6 heteroatoms. The number of aryl methyl sites for hydroxylation is 2. The molecule has 0 aromatic heterocycles. The first-order chi connectivity index (χ1) is 14.2. The maximum atomic E-state index is 13.2. The third-order valence-electron chi connectivity index (χ3n) is 5.05. The summed E-state index contributed by atoms with van der Waals surface area (Å²) < 4.78 is 26.2. The van der Waals surface area contributed by atoms with Crippen LogP contribution in [0, 0.1) is 13.8 Å². The second-order valence-corrected chi connectivity index (χ2v) is 9.64. The van der Waals surface area contributed by atoms with Gasteiger partial charge in [0.15, 0.2) is 0 Å². The van der Waals surface area contributed by atoms with E-state index in [4.69, 9.17) is 0 Å². The zero-order valence-corrected chi connectivity index (χ0v) is 18.4. The molecule has 1 atom stereocenters. The van der Waals surface area contributed by atoms with Gasteiger partial charge in [-0.05, 0) is 42.7 Å². The van der Waals surface area contributed by atoms with E-state index in [2.05, 4.69) is 5.32 Å². The lowest BCUT2D eigenvalue weighted by molar-refractivity contribution is 0.0942. The van der Waals surface area contributed by atoms with E-state index >= 15 is 0 Å². The highest BCUT2D eigenvalue weighted by atomic mass is 32.2. The van der Waals surface area contributed by atoms with E-state index in [-0.39, 0.29) is 16.8 Å². The van der Waals surface area contributed by atoms with Gasteiger partial charge in [-0.25, -0.2) is 12.7 Å². The Hall–Kier alpha value is -2.96. The first kappa shape index (κ1) is 21.7. The molecule has 3 aromatic carbocycles. The molecule has 3 rings (SSSR count). The molecule has 0 saturated carbocycles. The maximum Gasteiger partial charge on any atom is 0.252 e. The molecule has 1 unspecified atom stereocenters. The minimum Gasteiger partial charge on any atom is -0.341 e. The van der Waals surface area contributed by atoms with Gasteiger partial charge < -0.3 is 5.32 Å². The molecule has 0 spiro atoms. The summed E-state index contributed by atoms with van der Waals surface area (Å²) in [5.41, 5.74) is 4.08. The summed E-state index contributed by atoms with van der Waals surface area (Å²) in [7, 11) is -0.694. The van der Waals surface area contributed by atoms with Gasteiger partial charge in [-0.3, -0.25) is 4.79 Å². The Morgan fingerprint density at radius 3 is 2.07 bits per heavy atom. The van der Waals surface area contributed by atoms with Crippen molar-refractivity contribution in [1.29, 1.82) is 0 Å². The van der Waals surface area contributed by atoms with Crippen LogP contribution in [0.25, 0.3) is 0 Å². The van der Waals surface area contributed by atoms with Crippen LogP contribution in [0.15, 0.2) is 77.7 Å². The molecule has 0 saturated heterocycles. The van der Waals surface area contributed by atoms with Gasteiger partial charge in [0.05, 0.1) is 10.9 Å². The van der Waals surface area contributed by atoms with Gasteiger partial charge >= 0.3 is 0 Å². The second kappa shape index (κ2) is 8.81. The summed E-state index contributed by atoms with van der Waals surface area (Å²) in [5.74, 6) is -0.322. The van der Waals surface area contributed by atoms with Gasteiger partial charge in [-0.15, -0.1) is 0 Å². The van der Waals surface area contributed by atoms with Crippen molar-refractivity contribution in [1.82, 2.24) is 9.62 Å². The van der Waals surface area contributed by atoms with E-state index in [1.54, 1.807) is 13.0 Å². The number of hydrogen-bond acceptors (Lipinski definition) is 3. The zero-order valence-electron chi connectivity index (χ0n) is 17.6. The molecule has 0 aliphatic heterocycles. The van der Waals surface area contributed by atoms with E-state index in [1.807, 2.05) is 61.5 Å². The number of nitrogens with zero attached hydrogens (tertiary/aromatic N) is 1. The Bertz CT molecular complexity index is 1140. The Morgan fingerprint density at radius 2 is 1.47 bits per heavy atom. The lowest BCUT2D eigenvalue weighted by atomic mass is 9.97. The molecular formula is C24H26N2O3S.